The number of hydrogen-bond donors (Lipinski definition) is 3. The number of allylic oxidation sites excluding steroid dienone is 3. The van der Waals surface area contributed by atoms with Crippen LogP contribution in [0.4, 0.5) is 0 Å². The van der Waals surface area contributed by atoms with Crippen LogP contribution in [-0.2, 0) is 16.0 Å². The van der Waals surface area contributed by atoms with Gasteiger partial charge < -0.3 is 20.1 Å². The molecule has 0 spiro atoms. The lowest BCUT2D eigenvalue weighted by Crippen LogP contribution is -2.16. The van der Waals surface area contributed by atoms with Crippen molar-refractivity contribution < 1.29 is 24.9 Å². The Morgan fingerprint density at radius 1 is 1.17 bits per heavy atom. The molecule has 0 aliphatic carbocycles. The van der Waals surface area contributed by atoms with Crippen LogP contribution in [-0.4, -0.2) is 27.2 Å². The van der Waals surface area contributed by atoms with E-state index in [1.54, 1.807) is 13.0 Å². The lowest BCUT2D eigenvalue weighted by molar-refractivity contribution is -0.134. The second-order valence-electron chi connectivity index (χ2n) is 5.75. The minimum absolute atomic E-state index is 0.00689. The minimum atomic E-state index is -1.46. The number of hydrogen-bond acceptors (Lipinski definition) is 5. The van der Waals surface area contributed by atoms with E-state index < -0.39 is 6.29 Å². The molecule has 24 heavy (non-hydrogen) atoms. The molecule has 0 fully saturated rings. The molecule has 1 heterocycles. The van der Waals surface area contributed by atoms with E-state index in [4.69, 9.17) is 16.3 Å². The lowest BCUT2D eigenvalue weighted by atomic mass is 9.99. The van der Waals surface area contributed by atoms with Crippen molar-refractivity contribution in [3.05, 3.63) is 46.5 Å². The third-order valence-electron chi connectivity index (χ3n) is 3.76. The van der Waals surface area contributed by atoms with Crippen molar-refractivity contribution in [2.75, 3.05) is 0 Å². The van der Waals surface area contributed by atoms with Gasteiger partial charge in [0.2, 0.25) is 0 Å². The average Bonchev–Trinajstić information content (AvgIpc) is 2.50. The third-order valence-corrected chi connectivity index (χ3v) is 4.18. The van der Waals surface area contributed by atoms with Gasteiger partial charge in [0.15, 0.2) is 12.1 Å². The number of benzene rings is 1. The maximum atomic E-state index is 12.1. The second kappa shape index (κ2) is 8.33. The zero-order chi connectivity index (χ0) is 17.7. The van der Waals surface area contributed by atoms with Crippen LogP contribution >= 0.6 is 11.6 Å². The molecule has 1 aliphatic rings. The summed E-state index contributed by atoms with van der Waals surface area (Å²) in [6.45, 7) is 1.79. The first-order chi connectivity index (χ1) is 11.4. The Balaban J connectivity index is 2.47. The quantitative estimate of drug-likeness (QED) is 0.621. The number of rotatable bonds is 0. The summed E-state index contributed by atoms with van der Waals surface area (Å²) in [6, 6.07) is 1.03. The highest BCUT2D eigenvalue weighted by Crippen LogP contribution is 2.40. The summed E-state index contributed by atoms with van der Waals surface area (Å²) >= 11 is 6.09. The van der Waals surface area contributed by atoms with Crippen LogP contribution in [0.15, 0.2) is 30.4 Å². The van der Waals surface area contributed by atoms with Gasteiger partial charge in [-0.3, -0.25) is 4.79 Å². The summed E-state index contributed by atoms with van der Waals surface area (Å²) in [5.41, 5.74) is 0.170. The molecule has 0 aromatic heterocycles. The standard InChI is InChI=1S/C18H21ClO5/c1-11-7-5-3-2-4-6-8-12(20)9-13-16(18(23)24-11)14(21)10-15(22)17(13)19/h3,5-6,8,10-11,18,21-23H,2,4,7,9H2,1H3/b5-3+,8-6+/t11-,18?/m1/s1. The van der Waals surface area contributed by atoms with Crippen molar-refractivity contribution in [3.63, 3.8) is 0 Å². The Morgan fingerprint density at radius 3 is 2.62 bits per heavy atom. The number of carbonyl (C=O) groups excluding carboxylic acids is 1. The molecule has 0 saturated heterocycles. The maximum Gasteiger partial charge on any atom is 0.185 e. The second-order valence-corrected chi connectivity index (χ2v) is 6.13. The highest BCUT2D eigenvalue weighted by molar-refractivity contribution is 6.33. The number of halogens is 1. The Bertz CT molecular complexity index is 666. The molecule has 0 saturated carbocycles. The summed E-state index contributed by atoms with van der Waals surface area (Å²) in [5, 5.41) is 30.2. The minimum Gasteiger partial charge on any atom is -0.507 e. The van der Waals surface area contributed by atoms with Crippen LogP contribution in [0.2, 0.25) is 5.02 Å². The highest BCUT2D eigenvalue weighted by atomic mass is 35.5. The molecule has 1 unspecified atom stereocenters. The van der Waals surface area contributed by atoms with E-state index in [1.165, 1.54) is 6.08 Å². The predicted octanol–water partition coefficient (Wildman–Crippen LogP) is 3.56. The monoisotopic (exact) mass is 352 g/mol. The van der Waals surface area contributed by atoms with Crippen molar-refractivity contribution >= 4 is 17.4 Å². The molecule has 130 valence electrons. The van der Waals surface area contributed by atoms with Crippen molar-refractivity contribution in [2.45, 2.75) is 45.0 Å². The molecular weight excluding hydrogens is 332 g/mol. The molecule has 2 rings (SSSR count). The number of aliphatic hydroxyl groups excluding tert-OH is 1. The van der Waals surface area contributed by atoms with Gasteiger partial charge in [-0.1, -0.05) is 29.8 Å². The van der Waals surface area contributed by atoms with Gasteiger partial charge in [-0.2, -0.15) is 0 Å². The van der Waals surface area contributed by atoms with Crippen LogP contribution in [0.5, 0.6) is 11.5 Å². The van der Waals surface area contributed by atoms with E-state index in [1.807, 2.05) is 12.2 Å². The summed E-state index contributed by atoms with van der Waals surface area (Å²) in [6.07, 6.45) is 7.37. The summed E-state index contributed by atoms with van der Waals surface area (Å²) in [5.74, 6) is -0.968. The van der Waals surface area contributed by atoms with Gasteiger partial charge >= 0.3 is 0 Å². The van der Waals surface area contributed by atoms with Gasteiger partial charge in [-0.15, -0.1) is 0 Å². The summed E-state index contributed by atoms with van der Waals surface area (Å²) < 4.78 is 5.51. The zero-order valence-electron chi connectivity index (χ0n) is 13.4. The largest absolute Gasteiger partial charge is 0.507 e. The Morgan fingerprint density at radius 2 is 1.88 bits per heavy atom. The molecule has 2 atom stereocenters. The molecule has 3 N–H and O–H groups in total. The van der Waals surface area contributed by atoms with Gasteiger partial charge in [-0.05, 0) is 37.8 Å². The molecule has 0 radical (unpaired) electrons. The van der Waals surface area contributed by atoms with E-state index in [0.717, 1.165) is 18.9 Å². The zero-order valence-corrected chi connectivity index (χ0v) is 14.2. The summed E-state index contributed by atoms with van der Waals surface area (Å²) in [4.78, 5) is 12.1. The fourth-order valence-corrected chi connectivity index (χ4v) is 2.76. The molecule has 6 heteroatoms. The highest BCUT2D eigenvalue weighted by Gasteiger charge is 2.25. The van der Waals surface area contributed by atoms with Crippen molar-refractivity contribution in [1.82, 2.24) is 0 Å². The first-order valence-electron chi connectivity index (χ1n) is 7.81. The number of carbonyl (C=O) groups is 1. The molecule has 1 aromatic rings. The molecule has 5 nitrogen and oxygen atoms in total. The number of phenols is 2. The van der Waals surface area contributed by atoms with Crippen LogP contribution < -0.4 is 0 Å². The number of ketones is 1. The van der Waals surface area contributed by atoms with E-state index in [-0.39, 0.29) is 46.0 Å². The van der Waals surface area contributed by atoms with Crippen LogP contribution in [0.25, 0.3) is 0 Å². The fraction of sp³-hybridized carbons (Fsp3) is 0.389. The average molecular weight is 353 g/mol. The van der Waals surface area contributed by atoms with Gasteiger partial charge in [0.1, 0.15) is 11.5 Å². The molecule has 1 aromatic carbocycles. The maximum absolute atomic E-state index is 12.1. The van der Waals surface area contributed by atoms with Crippen LogP contribution in [0.3, 0.4) is 0 Å². The molecule has 1 aliphatic heterocycles. The Hall–Kier alpha value is -1.82. The first-order valence-corrected chi connectivity index (χ1v) is 8.19. The third kappa shape index (κ3) is 4.60. The predicted molar refractivity (Wildman–Crippen MR) is 91.1 cm³/mol. The number of fused-ring (bicyclic) bond motifs is 1. The van der Waals surface area contributed by atoms with Crippen LogP contribution in [0, 0.1) is 0 Å². The topological polar surface area (TPSA) is 87.0 Å². The Kier molecular flexibility index (Phi) is 6.43. The van der Waals surface area contributed by atoms with E-state index in [2.05, 4.69) is 0 Å². The number of aliphatic hydroxyl groups is 1. The van der Waals surface area contributed by atoms with Crippen molar-refractivity contribution in [2.24, 2.45) is 0 Å². The smallest absolute Gasteiger partial charge is 0.185 e. The molecule has 0 amide bonds. The molecule has 0 bridgehead atoms. The van der Waals surface area contributed by atoms with Gasteiger partial charge in [0.05, 0.1) is 16.7 Å². The van der Waals surface area contributed by atoms with Crippen LogP contribution in [0.1, 0.15) is 43.6 Å². The van der Waals surface area contributed by atoms with Crippen molar-refractivity contribution in [1.29, 1.82) is 0 Å². The normalized spacial score (nSPS) is 25.5. The lowest BCUT2D eigenvalue weighted by Gasteiger charge is -2.22. The van der Waals surface area contributed by atoms with Crippen molar-refractivity contribution in [3.8, 4) is 11.5 Å². The van der Waals surface area contributed by atoms with E-state index >= 15 is 0 Å². The Labute approximate surface area is 145 Å². The fourth-order valence-electron chi connectivity index (χ4n) is 2.54. The first kappa shape index (κ1) is 18.5. The number of phenolic OH excluding ortho intramolecular Hbond substituents is 2. The van der Waals surface area contributed by atoms with Gasteiger partial charge in [0.25, 0.3) is 0 Å². The van der Waals surface area contributed by atoms with Gasteiger partial charge in [-0.25, -0.2) is 0 Å². The van der Waals surface area contributed by atoms with E-state index in [0.29, 0.717) is 6.42 Å². The SMILES string of the molecule is C[C@@H]1C/C=C/CC/C=C/C(=O)Cc2c(Cl)c(O)cc(O)c2C(O)O1. The van der Waals surface area contributed by atoms with E-state index in [9.17, 15) is 20.1 Å². The summed E-state index contributed by atoms with van der Waals surface area (Å²) in [7, 11) is 0. The number of aromatic hydroxyl groups is 2. The number of ether oxygens (including phenoxy) is 1. The van der Waals surface area contributed by atoms with Gasteiger partial charge in [0, 0.05) is 12.5 Å². The molecular formula is C18H21ClO5.